The second-order valence-electron chi connectivity index (χ2n) is 7.55. The number of carbonyl (C=O) groups is 2. The van der Waals surface area contributed by atoms with Gasteiger partial charge >= 0.3 is 5.97 Å². The zero-order valence-electron chi connectivity index (χ0n) is 17.7. The quantitative estimate of drug-likeness (QED) is 0.678. The summed E-state index contributed by atoms with van der Waals surface area (Å²) < 4.78 is 10.5. The second kappa shape index (κ2) is 10.9. The molecule has 0 saturated carbocycles. The van der Waals surface area contributed by atoms with Crippen LogP contribution in [0.1, 0.15) is 46.9 Å². The van der Waals surface area contributed by atoms with Gasteiger partial charge < -0.3 is 14.8 Å². The van der Waals surface area contributed by atoms with Crippen LogP contribution in [0.5, 0.6) is 0 Å². The first-order chi connectivity index (χ1) is 14.5. The molecule has 3 rings (SSSR count). The van der Waals surface area contributed by atoms with Crippen LogP contribution < -0.4 is 5.32 Å². The highest BCUT2D eigenvalue weighted by atomic mass is 16.5. The summed E-state index contributed by atoms with van der Waals surface area (Å²) in [5.41, 5.74) is 3.84. The number of esters is 1. The van der Waals surface area contributed by atoms with E-state index in [1.807, 2.05) is 31.2 Å². The Balaban J connectivity index is 1.44. The van der Waals surface area contributed by atoms with Crippen LogP contribution in [0.3, 0.4) is 0 Å². The summed E-state index contributed by atoms with van der Waals surface area (Å²) in [6.07, 6.45) is 0.977. The van der Waals surface area contributed by atoms with Gasteiger partial charge in [0.25, 0.3) is 5.91 Å². The SMILES string of the molecule is CCc1ccc([C@@H](C)NC(=O)COC(=O)c2ccc(CN3CCOCC3)cc2)cc1. The van der Waals surface area contributed by atoms with Crippen molar-refractivity contribution in [1.82, 2.24) is 10.2 Å². The molecule has 30 heavy (non-hydrogen) atoms. The Morgan fingerprint density at radius 1 is 1.03 bits per heavy atom. The van der Waals surface area contributed by atoms with E-state index in [1.54, 1.807) is 12.1 Å². The van der Waals surface area contributed by atoms with Crippen LogP contribution in [0.4, 0.5) is 0 Å². The van der Waals surface area contributed by atoms with Gasteiger partial charge in [0, 0.05) is 19.6 Å². The van der Waals surface area contributed by atoms with Crippen molar-refractivity contribution in [3.05, 3.63) is 70.8 Å². The summed E-state index contributed by atoms with van der Waals surface area (Å²) in [6.45, 7) is 7.90. The molecule has 0 unspecified atom stereocenters. The monoisotopic (exact) mass is 410 g/mol. The molecule has 160 valence electrons. The molecule has 1 aliphatic rings. The number of rotatable bonds is 8. The lowest BCUT2D eigenvalue weighted by atomic mass is 10.1. The summed E-state index contributed by atoms with van der Waals surface area (Å²) in [6, 6.07) is 15.3. The number of hydrogen-bond acceptors (Lipinski definition) is 5. The summed E-state index contributed by atoms with van der Waals surface area (Å²) in [5.74, 6) is -0.817. The molecule has 1 fully saturated rings. The molecule has 1 amide bonds. The summed E-state index contributed by atoms with van der Waals surface area (Å²) in [5, 5.41) is 2.86. The third-order valence-corrected chi connectivity index (χ3v) is 5.30. The Bertz CT molecular complexity index is 827. The van der Waals surface area contributed by atoms with Crippen LogP contribution >= 0.6 is 0 Å². The van der Waals surface area contributed by atoms with Gasteiger partial charge in [-0.2, -0.15) is 0 Å². The Labute approximate surface area is 178 Å². The number of hydrogen-bond donors (Lipinski definition) is 1. The summed E-state index contributed by atoms with van der Waals surface area (Å²) in [4.78, 5) is 26.7. The van der Waals surface area contributed by atoms with Crippen LogP contribution in [0, 0.1) is 0 Å². The molecule has 1 heterocycles. The van der Waals surface area contributed by atoms with E-state index in [4.69, 9.17) is 9.47 Å². The van der Waals surface area contributed by atoms with E-state index in [2.05, 4.69) is 29.3 Å². The van der Waals surface area contributed by atoms with Crippen LogP contribution in [0.2, 0.25) is 0 Å². The van der Waals surface area contributed by atoms with Crippen molar-refractivity contribution in [2.75, 3.05) is 32.9 Å². The maximum atomic E-state index is 12.2. The zero-order valence-corrected chi connectivity index (χ0v) is 17.7. The lowest BCUT2D eigenvalue weighted by Crippen LogP contribution is -2.35. The number of nitrogens with one attached hydrogen (secondary N) is 1. The first-order valence-corrected chi connectivity index (χ1v) is 10.5. The maximum Gasteiger partial charge on any atom is 0.338 e. The average molecular weight is 411 g/mol. The fraction of sp³-hybridized carbons (Fsp3) is 0.417. The highest BCUT2D eigenvalue weighted by molar-refractivity contribution is 5.91. The Hall–Kier alpha value is -2.70. The lowest BCUT2D eigenvalue weighted by molar-refractivity contribution is -0.124. The van der Waals surface area contributed by atoms with Crippen molar-refractivity contribution < 1.29 is 19.1 Å². The Morgan fingerprint density at radius 3 is 2.30 bits per heavy atom. The molecule has 2 aromatic rings. The minimum atomic E-state index is -0.497. The van der Waals surface area contributed by atoms with Crippen molar-refractivity contribution in [3.8, 4) is 0 Å². The molecule has 1 saturated heterocycles. The molecule has 6 nitrogen and oxygen atoms in total. The van der Waals surface area contributed by atoms with Crippen LogP contribution in [0.15, 0.2) is 48.5 Å². The van der Waals surface area contributed by atoms with Gasteiger partial charge in [-0.25, -0.2) is 4.79 Å². The maximum absolute atomic E-state index is 12.2. The number of morpholine rings is 1. The van der Waals surface area contributed by atoms with Crippen molar-refractivity contribution in [2.24, 2.45) is 0 Å². The van der Waals surface area contributed by atoms with E-state index < -0.39 is 5.97 Å². The van der Waals surface area contributed by atoms with Crippen LogP contribution in [-0.4, -0.2) is 49.7 Å². The fourth-order valence-corrected chi connectivity index (χ4v) is 3.39. The van der Waals surface area contributed by atoms with Gasteiger partial charge in [0.2, 0.25) is 0 Å². The molecule has 1 atom stereocenters. The highest BCUT2D eigenvalue weighted by Crippen LogP contribution is 2.14. The van der Waals surface area contributed by atoms with Crippen LogP contribution in [-0.2, 0) is 27.2 Å². The zero-order chi connectivity index (χ0) is 21.3. The van der Waals surface area contributed by atoms with E-state index >= 15 is 0 Å². The van der Waals surface area contributed by atoms with Gasteiger partial charge in [-0.1, -0.05) is 43.3 Å². The number of carbonyl (C=O) groups excluding carboxylic acids is 2. The van der Waals surface area contributed by atoms with E-state index in [9.17, 15) is 9.59 Å². The Kier molecular flexibility index (Phi) is 7.99. The van der Waals surface area contributed by atoms with Gasteiger partial charge in [0.05, 0.1) is 24.8 Å². The lowest BCUT2D eigenvalue weighted by Gasteiger charge is -2.26. The number of aryl methyl sites for hydroxylation is 1. The van der Waals surface area contributed by atoms with Gasteiger partial charge in [0.1, 0.15) is 0 Å². The molecule has 0 aromatic heterocycles. The van der Waals surface area contributed by atoms with E-state index in [0.29, 0.717) is 5.56 Å². The normalized spacial score (nSPS) is 15.4. The highest BCUT2D eigenvalue weighted by Gasteiger charge is 2.14. The molecular formula is C24H30N2O4. The summed E-state index contributed by atoms with van der Waals surface area (Å²) in [7, 11) is 0. The van der Waals surface area contributed by atoms with Gasteiger partial charge in [-0.05, 0) is 42.2 Å². The van der Waals surface area contributed by atoms with E-state index in [1.165, 1.54) is 5.56 Å². The van der Waals surface area contributed by atoms with E-state index in [0.717, 1.165) is 50.4 Å². The molecule has 0 spiro atoms. The third kappa shape index (κ3) is 6.40. The van der Waals surface area contributed by atoms with Gasteiger partial charge in [0.15, 0.2) is 6.61 Å². The molecule has 6 heteroatoms. The largest absolute Gasteiger partial charge is 0.452 e. The Morgan fingerprint density at radius 2 is 1.67 bits per heavy atom. The second-order valence-corrected chi connectivity index (χ2v) is 7.55. The van der Waals surface area contributed by atoms with Crippen molar-refractivity contribution in [3.63, 3.8) is 0 Å². The average Bonchev–Trinajstić information content (AvgIpc) is 2.78. The molecule has 1 N–H and O–H groups in total. The number of benzene rings is 2. The predicted molar refractivity (Wildman–Crippen MR) is 115 cm³/mol. The molecule has 2 aromatic carbocycles. The first kappa shape index (κ1) is 22.0. The van der Waals surface area contributed by atoms with Gasteiger partial charge in [-0.3, -0.25) is 9.69 Å². The first-order valence-electron chi connectivity index (χ1n) is 10.5. The number of amides is 1. The van der Waals surface area contributed by atoms with Crippen molar-refractivity contribution in [1.29, 1.82) is 0 Å². The molecule has 0 bridgehead atoms. The summed E-state index contributed by atoms with van der Waals surface area (Å²) >= 11 is 0. The number of ether oxygens (including phenoxy) is 2. The van der Waals surface area contributed by atoms with E-state index in [-0.39, 0.29) is 18.6 Å². The van der Waals surface area contributed by atoms with Crippen molar-refractivity contribution in [2.45, 2.75) is 32.9 Å². The molecule has 0 radical (unpaired) electrons. The third-order valence-electron chi connectivity index (χ3n) is 5.30. The minimum Gasteiger partial charge on any atom is -0.452 e. The molecular weight excluding hydrogens is 380 g/mol. The standard InChI is InChI=1S/C24H30N2O4/c1-3-19-4-8-21(9-5-19)18(2)25-23(27)17-30-24(28)22-10-6-20(7-11-22)16-26-12-14-29-15-13-26/h4-11,18H,3,12-17H2,1-2H3,(H,25,27)/t18-/m1/s1. The van der Waals surface area contributed by atoms with Crippen LogP contribution in [0.25, 0.3) is 0 Å². The molecule has 1 aliphatic heterocycles. The topological polar surface area (TPSA) is 67.9 Å². The van der Waals surface area contributed by atoms with Crippen molar-refractivity contribution >= 4 is 11.9 Å². The molecule has 0 aliphatic carbocycles. The smallest absolute Gasteiger partial charge is 0.338 e. The predicted octanol–water partition coefficient (Wildman–Crippen LogP) is 3.12. The number of nitrogens with zero attached hydrogens (tertiary/aromatic N) is 1. The van der Waals surface area contributed by atoms with Gasteiger partial charge in [-0.15, -0.1) is 0 Å². The fourth-order valence-electron chi connectivity index (χ4n) is 3.39. The minimum absolute atomic E-state index is 0.151.